The number of nitrogens with one attached hydrogen (secondary N) is 1. The first kappa shape index (κ1) is 22.2. The zero-order valence-electron chi connectivity index (χ0n) is 16.7. The predicted molar refractivity (Wildman–Crippen MR) is 104 cm³/mol. The molecule has 0 saturated heterocycles. The lowest BCUT2D eigenvalue weighted by atomic mass is 9.86. The van der Waals surface area contributed by atoms with E-state index < -0.39 is 46.1 Å². The number of alkyl halides is 3. The van der Waals surface area contributed by atoms with Gasteiger partial charge < -0.3 is 15.8 Å². The van der Waals surface area contributed by atoms with Crippen LogP contribution in [0.4, 0.5) is 22.6 Å². The third kappa shape index (κ3) is 4.06. The number of carbonyl (C=O) groups is 2. The lowest BCUT2D eigenvalue weighted by Crippen LogP contribution is -2.42. The number of primary amides is 1. The molecule has 30 heavy (non-hydrogen) atoms. The summed E-state index contributed by atoms with van der Waals surface area (Å²) in [5, 5.41) is 2.39. The van der Waals surface area contributed by atoms with Crippen LogP contribution in [0, 0.1) is 5.82 Å². The summed E-state index contributed by atoms with van der Waals surface area (Å²) in [5.41, 5.74) is 2.58. The Labute approximate surface area is 174 Å². The molecule has 2 amide bonds. The fourth-order valence-electron chi connectivity index (χ4n) is 3.79. The van der Waals surface area contributed by atoms with Crippen molar-refractivity contribution in [1.29, 1.82) is 0 Å². The van der Waals surface area contributed by atoms with Crippen LogP contribution in [0.5, 0.6) is 0 Å². The van der Waals surface area contributed by atoms with E-state index in [0.29, 0.717) is 16.9 Å². The van der Waals surface area contributed by atoms with Gasteiger partial charge in [-0.05, 0) is 51.5 Å². The highest BCUT2D eigenvalue weighted by molar-refractivity contribution is 7.17. The highest BCUT2D eigenvalue weighted by Gasteiger charge is 2.43. The number of halogens is 4. The van der Waals surface area contributed by atoms with Crippen LogP contribution in [0.15, 0.2) is 18.2 Å². The smallest absolute Gasteiger partial charge is 0.365 e. The number of carbonyl (C=O) groups excluding carboxylic acids is 2. The second kappa shape index (κ2) is 7.05. The molecule has 2 heterocycles. The van der Waals surface area contributed by atoms with Crippen LogP contribution in [-0.2, 0) is 22.9 Å². The van der Waals surface area contributed by atoms with E-state index in [-0.39, 0.29) is 16.6 Å². The van der Waals surface area contributed by atoms with Crippen molar-refractivity contribution in [3.8, 4) is 0 Å². The summed E-state index contributed by atoms with van der Waals surface area (Å²) in [6, 6.07) is 1.77. The zero-order chi connectivity index (χ0) is 22.6. The maximum Gasteiger partial charge on any atom is 0.417 e. The van der Waals surface area contributed by atoms with Crippen molar-refractivity contribution in [2.45, 2.75) is 51.5 Å². The quantitative estimate of drug-likeness (QED) is 0.665. The van der Waals surface area contributed by atoms with E-state index in [1.165, 1.54) is 0 Å². The van der Waals surface area contributed by atoms with Gasteiger partial charge in [-0.3, -0.25) is 9.59 Å². The van der Waals surface area contributed by atoms with Crippen LogP contribution in [0.2, 0.25) is 0 Å². The zero-order valence-corrected chi connectivity index (χ0v) is 17.5. The van der Waals surface area contributed by atoms with E-state index >= 15 is 0 Å². The number of benzene rings is 1. The number of ether oxygens (including phenoxy) is 1. The van der Waals surface area contributed by atoms with Crippen molar-refractivity contribution >= 4 is 28.2 Å². The first-order valence-corrected chi connectivity index (χ1v) is 9.78. The fourth-order valence-corrected chi connectivity index (χ4v) is 5.05. The highest BCUT2D eigenvalue weighted by atomic mass is 32.1. The van der Waals surface area contributed by atoms with Gasteiger partial charge in [0.15, 0.2) is 0 Å². The average molecular weight is 444 g/mol. The van der Waals surface area contributed by atoms with Crippen molar-refractivity contribution in [2.24, 2.45) is 5.73 Å². The van der Waals surface area contributed by atoms with Gasteiger partial charge in [0, 0.05) is 11.3 Å². The van der Waals surface area contributed by atoms with E-state index in [2.05, 4.69) is 5.32 Å². The minimum Gasteiger partial charge on any atom is -0.365 e. The molecule has 0 atom stereocenters. The van der Waals surface area contributed by atoms with Crippen molar-refractivity contribution in [2.75, 3.05) is 5.32 Å². The fraction of sp³-hybridized carbons (Fsp3) is 0.400. The number of anilines is 1. The number of nitrogens with two attached hydrogens (primary N) is 1. The van der Waals surface area contributed by atoms with Gasteiger partial charge in [0.25, 0.3) is 11.8 Å². The van der Waals surface area contributed by atoms with Gasteiger partial charge >= 0.3 is 6.18 Å². The third-order valence-electron chi connectivity index (χ3n) is 4.69. The van der Waals surface area contributed by atoms with Crippen LogP contribution in [0.1, 0.15) is 64.4 Å². The minimum absolute atomic E-state index is 0.0318. The molecule has 10 heteroatoms. The molecule has 0 radical (unpaired) electrons. The molecule has 0 aliphatic carbocycles. The van der Waals surface area contributed by atoms with E-state index in [9.17, 15) is 27.2 Å². The van der Waals surface area contributed by atoms with E-state index in [1.54, 1.807) is 13.8 Å². The van der Waals surface area contributed by atoms with E-state index in [4.69, 9.17) is 10.5 Å². The SMILES string of the molecule is CC1(C)Cc2c(sc(NC(=O)c3ccc(F)cc3C(F)(F)F)c2C(N)=O)C(C)(C)O1. The molecule has 0 bridgehead atoms. The largest absolute Gasteiger partial charge is 0.417 e. The number of fused-ring (bicyclic) bond motifs is 1. The Bertz CT molecular complexity index is 1040. The molecule has 0 unspecified atom stereocenters. The molecule has 2 aromatic rings. The summed E-state index contributed by atoms with van der Waals surface area (Å²) >= 11 is 1.02. The van der Waals surface area contributed by atoms with Gasteiger partial charge in [0.2, 0.25) is 0 Å². The normalized spacial score (nSPS) is 17.3. The Hall–Kier alpha value is -2.46. The Morgan fingerprint density at radius 2 is 1.83 bits per heavy atom. The average Bonchev–Trinajstić information content (AvgIpc) is 2.90. The van der Waals surface area contributed by atoms with E-state index in [0.717, 1.165) is 23.5 Å². The van der Waals surface area contributed by atoms with E-state index in [1.807, 2.05) is 13.8 Å². The topological polar surface area (TPSA) is 81.4 Å². The summed E-state index contributed by atoms with van der Waals surface area (Å²) in [6.07, 6.45) is -4.60. The van der Waals surface area contributed by atoms with Gasteiger partial charge in [-0.1, -0.05) is 0 Å². The number of rotatable bonds is 3. The van der Waals surface area contributed by atoms with Gasteiger partial charge in [-0.2, -0.15) is 13.2 Å². The van der Waals surface area contributed by atoms with Crippen molar-refractivity contribution in [1.82, 2.24) is 0 Å². The lowest BCUT2D eigenvalue weighted by molar-refractivity contribution is -0.138. The maximum atomic E-state index is 13.3. The maximum absolute atomic E-state index is 13.3. The summed E-state index contributed by atoms with van der Waals surface area (Å²) in [7, 11) is 0. The third-order valence-corrected chi connectivity index (χ3v) is 6.15. The second-order valence-corrected chi connectivity index (χ2v) is 9.19. The first-order chi connectivity index (χ1) is 13.6. The molecular formula is C20H20F4N2O3S. The Morgan fingerprint density at radius 1 is 1.20 bits per heavy atom. The van der Waals surface area contributed by atoms with Gasteiger partial charge in [-0.25, -0.2) is 4.39 Å². The molecule has 5 nitrogen and oxygen atoms in total. The molecule has 1 aliphatic heterocycles. The molecule has 1 aromatic heterocycles. The Morgan fingerprint density at radius 3 is 2.40 bits per heavy atom. The standard InChI is InChI=1S/C20H20F4N2O3S/c1-18(2)8-11-13(15(25)27)17(30-14(11)19(3,4)29-18)26-16(28)10-6-5-9(21)7-12(10)20(22,23)24/h5-7H,8H2,1-4H3,(H2,25,27)(H,26,28). The first-order valence-electron chi connectivity index (χ1n) is 8.96. The van der Waals surface area contributed by atoms with Crippen LogP contribution in [0.25, 0.3) is 0 Å². The summed E-state index contributed by atoms with van der Waals surface area (Å²) in [5.74, 6) is -3.06. The summed E-state index contributed by atoms with van der Waals surface area (Å²) in [4.78, 5) is 25.5. The van der Waals surface area contributed by atoms with Gasteiger partial charge in [0.1, 0.15) is 10.8 Å². The highest BCUT2D eigenvalue weighted by Crippen LogP contribution is 2.48. The number of hydrogen-bond donors (Lipinski definition) is 2. The monoisotopic (exact) mass is 444 g/mol. The molecule has 162 valence electrons. The molecule has 0 spiro atoms. The Balaban J connectivity index is 2.09. The van der Waals surface area contributed by atoms with Crippen LogP contribution < -0.4 is 11.1 Å². The van der Waals surface area contributed by atoms with Crippen molar-refractivity contribution in [3.63, 3.8) is 0 Å². The molecule has 0 fully saturated rings. The second-order valence-electron chi connectivity index (χ2n) is 8.17. The van der Waals surface area contributed by atoms with Gasteiger partial charge in [-0.15, -0.1) is 11.3 Å². The molecule has 3 rings (SSSR count). The van der Waals surface area contributed by atoms with Crippen molar-refractivity contribution < 1.29 is 31.9 Å². The lowest BCUT2D eigenvalue weighted by Gasteiger charge is -2.41. The predicted octanol–water partition coefficient (Wildman–Crippen LogP) is 4.84. The van der Waals surface area contributed by atoms with Crippen LogP contribution in [-0.4, -0.2) is 17.4 Å². The van der Waals surface area contributed by atoms with Gasteiger partial charge in [0.05, 0.1) is 27.9 Å². The van der Waals surface area contributed by atoms with Crippen LogP contribution >= 0.6 is 11.3 Å². The molecule has 1 aromatic carbocycles. The molecule has 1 aliphatic rings. The minimum atomic E-state index is -4.93. The number of amides is 2. The molecule has 3 N–H and O–H groups in total. The summed E-state index contributed by atoms with van der Waals surface area (Å²) < 4.78 is 59.2. The number of hydrogen-bond acceptors (Lipinski definition) is 4. The summed E-state index contributed by atoms with van der Waals surface area (Å²) in [6.45, 7) is 7.27. The van der Waals surface area contributed by atoms with Crippen molar-refractivity contribution in [3.05, 3.63) is 51.1 Å². The Kier molecular flexibility index (Phi) is 5.23. The number of thiophene rings is 1. The molecular weight excluding hydrogens is 424 g/mol. The molecule has 0 saturated carbocycles. The van der Waals surface area contributed by atoms with Crippen LogP contribution in [0.3, 0.4) is 0 Å².